The highest BCUT2D eigenvalue weighted by Gasteiger charge is 2.16. The lowest BCUT2D eigenvalue weighted by Crippen LogP contribution is -2.21. The van der Waals surface area contributed by atoms with Crippen molar-refractivity contribution in [3.63, 3.8) is 0 Å². The second-order valence-electron chi connectivity index (χ2n) is 2.19. The van der Waals surface area contributed by atoms with Gasteiger partial charge in [-0.15, -0.1) is 22.6 Å². The molecule has 1 aromatic rings. The van der Waals surface area contributed by atoms with Crippen LogP contribution in [0.2, 0.25) is 0 Å². The van der Waals surface area contributed by atoms with Crippen LogP contribution in [0.15, 0.2) is 0 Å². The van der Waals surface area contributed by atoms with Crippen molar-refractivity contribution in [3.05, 3.63) is 5.82 Å². The average Bonchev–Trinajstić information content (AvgIpc) is 2.40. The van der Waals surface area contributed by atoms with Gasteiger partial charge < -0.3 is 5.73 Å². The molecule has 4 N–H and O–H groups in total. The van der Waals surface area contributed by atoms with Crippen molar-refractivity contribution < 1.29 is 0 Å². The Hall–Kier alpha value is -1.17. The van der Waals surface area contributed by atoms with E-state index in [0.717, 1.165) is 6.42 Å². The van der Waals surface area contributed by atoms with Crippen molar-refractivity contribution in [2.75, 3.05) is 0 Å². The van der Waals surface area contributed by atoms with Crippen LogP contribution in [0, 0.1) is 5.41 Å². The van der Waals surface area contributed by atoms with Crippen LogP contribution in [-0.2, 0) is 0 Å². The maximum atomic E-state index is 7.18. The summed E-state index contributed by atoms with van der Waals surface area (Å²) < 4.78 is 0. The van der Waals surface area contributed by atoms with E-state index in [0.29, 0.717) is 5.82 Å². The molecule has 1 unspecified atom stereocenters. The molecule has 0 fully saturated rings. The Morgan fingerprint density at radius 1 is 1.75 bits per heavy atom. The third-order valence-corrected chi connectivity index (χ3v) is 1.46. The summed E-state index contributed by atoms with van der Waals surface area (Å²) in [5.74, 6) is 0.364. The highest BCUT2D eigenvalue weighted by molar-refractivity contribution is 5.85. The van der Waals surface area contributed by atoms with E-state index in [1.165, 1.54) is 0 Å². The fourth-order valence-electron chi connectivity index (χ4n) is 0.859. The van der Waals surface area contributed by atoms with Crippen LogP contribution in [0.1, 0.15) is 25.1 Å². The summed E-state index contributed by atoms with van der Waals surface area (Å²) in [5, 5.41) is 20.4. The Balaban J connectivity index is 0.00000121. The molecule has 1 aromatic heterocycles. The quantitative estimate of drug-likeness (QED) is 0.463. The zero-order chi connectivity index (χ0) is 8.27. The number of halogens is 1. The van der Waals surface area contributed by atoms with Crippen molar-refractivity contribution in [3.8, 4) is 0 Å². The molecule has 1 atom stereocenters. The van der Waals surface area contributed by atoms with Crippen LogP contribution in [-0.4, -0.2) is 26.5 Å². The number of rotatable bonds is 3. The van der Waals surface area contributed by atoms with E-state index < -0.39 is 0 Å². The molecule has 0 saturated heterocycles. The van der Waals surface area contributed by atoms with Gasteiger partial charge in [0.1, 0.15) is 5.84 Å². The van der Waals surface area contributed by atoms with Gasteiger partial charge in [0.2, 0.25) is 0 Å². The number of aromatic amines is 1. The number of aromatic nitrogens is 4. The number of hydrogen-bond acceptors (Lipinski definition) is 4. The third-order valence-electron chi connectivity index (χ3n) is 1.46. The lowest BCUT2D eigenvalue weighted by atomic mass is 10.1. The minimum atomic E-state index is -0.200. The van der Waals surface area contributed by atoms with Gasteiger partial charge in [-0.2, -0.15) is 5.21 Å². The first kappa shape index (κ1) is 10.8. The number of tetrazole rings is 1. The van der Waals surface area contributed by atoms with Crippen LogP contribution in [0.3, 0.4) is 0 Å². The average molecular weight is 191 g/mol. The number of H-pyrrole nitrogens is 1. The first-order valence-corrected chi connectivity index (χ1v) is 3.33. The zero-order valence-corrected chi connectivity index (χ0v) is 7.43. The van der Waals surface area contributed by atoms with Gasteiger partial charge in [0, 0.05) is 0 Å². The first-order chi connectivity index (χ1) is 5.25. The molecule has 0 amide bonds. The summed E-state index contributed by atoms with van der Waals surface area (Å²) >= 11 is 0. The van der Waals surface area contributed by atoms with Crippen LogP contribution in [0.25, 0.3) is 0 Å². The van der Waals surface area contributed by atoms with Crippen molar-refractivity contribution in [2.45, 2.75) is 19.3 Å². The monoisotopic (exact) mass is 190 g/mol. The molecule has 0 spiro atoms. The highest BCUT2D eigenvalue weighted by Crippen LogP contribution is 2.12. The maximum Gasteiger partial charge on any atom is 0.185 e. The summed E-state index contributed by atoms with van der Waals surface area (Å²) in [7, 11) is 0. The van der Waals surface area contributed by atoms with E-state index >= 15 is 0 Å². The van der Waals surface area contributed by atoms with Gasteiger partial charge in [0.25, 0.3) is 0 Å². The van der Waals surface area contributed by atoms with E-state index in [1.54, 1.807) is 0 Å². The number of nitrogens with zero attached hydrogens (tertiary/aromatic N) is 3. The molecule has 7 heteroatoms. The van der Waals surface area contributed by atoms with Crippen LogP contribution < -0.4 is 5.73 Å². The third kappa shape index (κ3) is 2.16. The molecule has 1 rings (SSSR count). The van der Waals surface area contributed by atoms with Crippen molar-refractivity contribution >= 4 is 18.2 Å². The van der Waals surface area contributed by atoms with Gasteiger partial charge in [-0.05, 0) is 6.42 Å². The molecule has 0 saturated carbocycles. The molecule has 68 valence electrons. The maximum absolute atomic E-state index is 7.18. The highest BCUT2D eigenvalue weighted by atomic mass is 35.5. The number of hydrogen-bond donors (Lipinski definition) is 3. The Kier molecular flexibility index (Phi) is 4.20. The van der Waals surface area contributed by atoms with E-state index in [9.17, 15) is 0 Å². The van der Waals surface area contributed by atoms with Gasteiger partial charge in [-0.25, -0.2) is 0 Å². The lowest BCUT2D eigenvalue weighted by molar-refractivity contribution is 0.765. The van der Waals surface area contributed by atoms with Crippen molar-refractivity contribution in [2.24, 2.45) is 5.73 Å². The van der Waals surface area contributed by atoms with Gasteiger partial charge >= 0.3 is 0 Å². The van der Waals surface area contributed by atoms with Crippen LogP contribution in [0.5, 0.6) is 0 Å². The molecule has 0 radical (unpaired) electrons. The Labute approximate surface area is 75.8 Å². The normalized spacial score (nSPS) is 11.8. The topological polar surface area (TPSA) is 104 Å². The molecular weight excluding hydrogens is 180 g/mol. The minimum absolute atomic E-state index is 0. The first-order valence-electron chi connectivity index (χ1n) is 3.33. The van der Waals surface area contributed by atoms with Crippen molar-refractivity contribution in [1.29, 1.82) is 5.41 Å². The minimum Gasteiger partial charge on any atom is -0.387 e. The Morgan fingerprint density at radius 2 is 2.42 bits per heavy atom. The molecule has 0 aliphatic rings. The number of nitrogens with one attached hydrogen (secondary N) is 2. The SMILES string of the molecule is CCC(C(=N)N)c1nn[nH]n1.Cl. The fourth-order valence-corrected chi connectivity index (χ4v) is 0.859. The molecule has 0 aromatic carbocycles. The number of amidine groups is 1. The summed E-state index contributed by atoms with van der Waals surface area (Å²) in [6, 6.07) is 0. The van der Waals surface area contributed by atoms with Gasteiger partial charge in [-0.1, -0.05) is 12.1 Å². The van der Waals surface area contributed by atoms with E-state index in [2.05, 4.69) is 20.6 Å². The predicted molar refractivity (Wildman–Crippen MR) is 46.4 cm³/mol. The summed E-state index contributed by atoms with van der Waals surface area (Å²) in [6.07, 6.45) is 0.717. The second kappa shape index (κ2) is 4.66. The van der Waals surface area contributed by atoms with E-state index in [4.69, 9.17) is 11.1 Å². The predicted octanol–water partition coefficient (Wildman–Crippen LogP) is 0.0511. The van der Waals surface area contributed by atoms with Crippen LogP contribution in [0.4, 0.5) is 0 Å². The molecular formula is C5H11ClN6. The van der Waals surface area contributed by atoms with E-state index in [-0.39, 0.29) is 24.2 Å². The largest absolute Gasteiger partial charge is 0.387 e. The molecule has 0 aliphatic carbocycles. The number of nitrogens with two attached hydrogens (primary N) is 1. The second-order valence-corrected chi connectivity index (χ2v) is 2.19. The standard InChI is InChI=1S/C5H10N6.ClH/c1-2-3(4(6)7)5-8-10-11-9-5;/h3H,2H2,1H3,(H3,6,7)(H,8,9,10,11);1H. The van der Waals surface area contributed by atoms with Crippen LogP contribution >= 0.6 is 12.4 Å². The molecule has 0 aliphatic heterocycles. The fraction of sp³-hybridized carbons (Fsp3) is 0.600. The molecule has 0 bridgehead atoms. The summed E-state index contributed by atoms with van der Waals surface area (Å²) in [6.45, 7) is 1.92. The Morgan fingerprint density at radius 3 is 2.75 bits per heavy atom. The van der Waals surface area contributed by atoms with E-state index in [1.807, 2.05) is 6.92 Å². The van der Waals surface area contributed by atoms with Crippen molar-refractivity contribution in [1.82, 2.24) is 20.6 Å². The molecule has 1 heterocycles. The summed E-state index contributed by atoms with van der Waals surface area (Å²) in [5.41, 5.74) is 5.30. The van der Waals surface area contributed by atoms with Gasteiger partial charge in [-0.3, -0.25) is 5.41 Å². The lowest BCUT2D eigenvalue weighted by Gasteiger charge is -2.05. The Bertz CT molecular complexity index is 232. The van der Waals surface area contributed by atoms with Gasteiger partial charge in [0.15, 0.2) is 5.82 Å². The zero-order valence-electron chi connectivity index (χ0n) is 6.61. The molecule has 6 nitrogen and oxygen atoms in total. The van der Waals surface area contributed by atoms with Gasteiger partial charge in [0.05, 0.1) is 5.92 Å². The smallest absolute Gasteiger partial charge is 0.185 e. The molecule has 12 heavy (non-hydrogen) atoms. The summed E-state index contributed by atoms with van der Waals surface area (Å²) in [4.78, 5) is 0.